The molecule has 1 aromatic heterocycles. The summed E-state index contributed by atoms with van der Waals surface area (Å²) in [5.74, 6) is 0.00538. The minimum Gasteiger partial charge on any atom is -0.486 e. The number of carbonyl (C=O) groups is 2. The summed E-state index contributed by atoms with van der Waals surface area (Å²) < 4.78 is 5.64. The van der Waals surface area contributed by atoms with Crippen molar-refractivity contribution in [2.45, 2.75) is 20.1 Å². The summed E-state index contributed by atoms with van der Waals surface area (Å²) in [5.41, 5.74) is 3.08. The number of nitrogens with one attached hydrogen (secondary N) is 2. The predicted octanol–water partition coefficient (Wildman–Crippen LogP) is 5.26. The van der Waals surface area contributed by atoms with Crippen LogP contribution in [0.3, 0.4) is 0 Å². The van der Waals surface area contributed by atoms with Crippen LogP contribution < -0.4 is 15.4 Å². The van der Waals surface area contributed by atoms with Crippen LogP contribution in [0.2, 0.25) is 5.02 Å². The van der Waals surface area contributed by atoms with Crippen molar-refractivity contribution in [2.24, 2.45) is 0 Å². The van der Waals surface area contributed by atoms with E-state index in [0.717, 1.165) is 22.5 Å². The van der Waals surface area contributed by atoms with Gasteiger partial charge in [0.2, 0.25) is 5.01 Å². The molecule has 1 heterocycles. The minimum atomic E-state index is -0.410. The number of carbonyl (C=O) groups excluding carboxylic acids is 2. The molecule has 0 radical (unpaired) electrons. The van der Waals surface area contributed by atoms with Gasteiger partial charge in [-0.3, -0.25) is 9.59 Å². The summed E-state index contributed by atoms with van der Waals surface area (Å²) in [6, 6.07) is 21.6. The second-order valence-corrected chi connectivity index (χ2v) is 8.95. The number of halogens is 1. The Bertz CT molecular complexity index is 1310. The molecular formula is C25H21ClN4O3S. The van der Waals surface area contributed by atoms with Crippen molar-refractivity contribution in [3.8, 4) is 5.75 Å². The normalized spacial score (nSPS) is 10.5. The largest absolute Gasteiger partial charge is 0.486 e. The van der Waals surface area contributed by atoms with E-state index in [2.05, 4.69) is 20.8 Å². The van der Waals surface area contributed by atoms with Crippen LogP contribution in [-0.2, 0) is 13.2 Å². The highest BCUT2D eigenvalue weighted by atomic mass is 35.5. The second kappa shape index (κ2) is 10.9. The summed E-state index contributed by atoms with van der Waals surface area (Å²) in [5, 5.41) is 15.0. The van der Waals surface area contributed by atoms with Crippen LogP contribution in [0.25, 0.3) is 0 Å². The summed E-state index contributed by atoms with van der Waals surface area (Å²) >= 11 is 7.00. The van der Waals surface area contributed by atoms with E-state index < -0.39 is 5.91 Å². The number of anilines is 1. The Labute approximate surface area is 205 Å². The first kappa shape index (κ1) is 23.4. The van der Waals surface area contributed by atoms with Crippen LogP contribution in [-0.4, -0.2) is 22.0 Å². The Hall–Kier alpha value is -3.75. The van der Waals surface area contributed by atoms with Gasteiger partial charge in [-0.15, -0.1) is 10.2 Å². The van der Waals surface area contributed by atoms with E-state index >= 15 is 0 Å². The molecule has 3 aromatic carbocycles. The van der Waals surface area contributed by atoms with Gasteiger partial charge in [0, 0.05) is 22.8 Å². The lowest BCUT2D eigenvalue weighted by molar-refractivity contribution is 0.0949. The third kappa shape index (κ3) is 6.40. The monoisotopic (exact) mass is 492 g/mol. The number of aromatic nitrogens is 2. The number of hydrogen-bond donors (Lipinski definition) is 2. The van der Waals surface area contributed by atoms with E-state index in [1.807, 2.05) is 31.2 Å². The summed E-state index contributed by atoms with van der Waals surface area (Å²) in [4.78, 5) is 25.2. The van der Waals surface area contributed by atoms with Gasteiger partial charge in [-0.25, -0.2) is 0 Å². The van der Waals surface area contributed by atoms with Crippen molar-refractivity contribution in [2.75, 3.05) is 5.32 Å². The maximum absolute atomic E-state index is 12.6. The molecule has 0 saturated heterocycles. The highest BCUT2D eigenvalue weighted by Gasteiger charge is 2.15. The van der Waals surface area contributed by atoms with Crippen LogP contribution in [0.15, 0.2) is 72.8 Å². The number of amides is 2. The molecule has 0 aliphatic heterocycles. The number of aryl methyl sites for hydroxylation is 1. The molecule has 4 rings (SSSR count). The molecule has 4 aromatic rings. The molecule has 34 heavy (non-hydrogen) atoms. The van der Waals surface area contributed by atoms with Gasteiger partial charge in [0.15, 0.2) is 5.01 Å². The fourth-order valence-electron chi connectivity index (χ4n) is 3.11. The molecule has 0 saturated carbocycles. The van der Waals surface area contributed by atoms with Gasteiger partial charge in [0.05, 0.1) is 0 Å². The Morgan fingerprint density at radius 2 is 1.76 bits per heavy atom. The van der Waals surface area contributed by atoms with Gasteiger partial charge in [-0.1, -0.05) is 58.8 Å². The fourth-order valence-corrected chi connectivity index (χ4v) is 3.88. The average Bonchev–Trinajstić information content (AvgIpc) is 3.32. The Kier molecular flexibility index (Phi) is 7.51. The molecule has 2 amide bonds. The van der Waals surface area contributed by atoms with Crippen LogP contribution in [0.4, 0.5) is 5.69 Å². The molecule has 0 unspecified atom stereocenters. The van der Waals surface area contributed by atoms with E-state index in [4.69, 9.17) is 16.3 Å². The van der Waals surface area contributed by atoms with E-state index in [1.54, 1.807) is 48.5 Å². The molecule has 0 bridgehead atoms. The molecular weight excluding hydrogens is 472 g/mol. The molecule has 172 valence electrons. The fraction of sp³-hybridized carbons (Fsp3) is 0.120. The zero-order valence-corrected chi connectivity index (χ0v) is 19.8. The predicted molar refractivity (Wildman–Crippen MR) is 132 cm³/mol. The van der Waals surface area contributed by atoms with Gasteiger partial charge in [0.1, 0.15) is 12.4 Å². The van der Waals surface area contributed by atoms with E-state index in [-0.39, 0.29) is 17.5 Å². The van der Waals surface area contributed by atoms with Crippen molar-refractivity contribution < 1.29 is 14.3 Å². The smallest absolute Gasteiger partial charge is 0.286 e. The molecule has 0 atom stereocenters. The highest BCUT2D eigenvalue weighted by molar-refractivity contribution is 7.13. The number of ether oxygens (including phenoxy) is 1. The molecule has 0 aliphatic carbocycles. The maximum Gasteiger partial charge on any atom is 0.286 e. The second-order valence-electron chi connectivity index (χ2n) is 7.45. The van der Waals surface area contributed by atoms with E-state index in [0.29, 0.717) is 33.6 Å². The first-order valence-electron chi connectivity index (χ1n) is 10.4. The first-order chi connectivity index (χ1) is 16.5. The molecule has 2 N–H and O–H groups in total. The Morgan fingerprint density at radius 1 is 0.971 bits per heavy atom. The van der Waals surface area contributed by atoms with Gasteiger partial charge >= 0.3 is 0 Å². The van der Waals surface area contributed by atoms with Gasteiger partial charge in [-0.2, -0.15) is 0 Å². The summed E-state index contributed by atoms with van der Waals surface area (Å²) in [7, 11) is 0. The zero-order valence-electron chi connectivity index (χ0n) is 18.2. The van der Waals surface area contributed by atoms with Crippen LogP contribution in [0.5, 0.6) is 5.75 Å². The standard InChI is InChI=1S/C25H21ClN4O3S/c1-16-4-2-5-17(12-16)14-27-23(31)18-6-3-7-20(13-18)28-24(32)25-30-29-22(34-25)15-33-21-10-8-19(26)9-11-21/h2-13H,14-15H2,1H3,(H,27,31)(H,28,32). The maximum atomic E-state index is 12.6. The average molecular weight is 493 g/mol. The number of rotatable bonds is 8. The van der Waals surface area contributed by atoms with Crippen LogP contribution >= 0.6 is 22.9 Å². The highest BCUT2D eigenvalue weighted by Crippen LogP contribution is 2.19. The van der Waals surface area contributed by atoms with E-state index in [1.165, 1.54) is 0 Å². The SMILES string of the molecule is Cc1cccc(CNC(=O)c2cccc(NC(=O)c3nnc(COc4ccc(Cl)cc4)s3)c2)c1. The van der Waals surface area contributed by atoms with Gasteiger partial charge < -0.3 is 15.4 Å². The summed E-state index contributed by atoms with van der Waals surface area (Å²) in [6.45, 7) is 2.61. The van der Waals surface area contributed by atoms with Gasteiger partial charge in [0.25, 0.3) is 11.8 Å². The lowest BCUT2D eigenvalue weighted by Gasteiger charge is -2.08. The van der Waals surface area contributed by atoms with Crippen molar-refractivity contribution in [1.82, 2.24) is 15.5 Å². The van der Waals surface area contributed by atoms with E-state index in [9.17, 15) is 9.59 Å². The molecule has 7 nitrogen and oxygen atoms in total. The topological polar surface area (TPSA) is 93.2 Å². The number of hydrogen-bond acceptors (Lipinski definition) is 6. The van der Waals surface area contributed by atoms with Crippen LogP contribution in [0, 0.1) is 6.92 Å². The third-order valence-electron chi connectivity index (χ3n) is 4.76. The molecule has 0 spiro atoms. The van der Waals surface area contributed by atoms with Gasteiger partial charge in [-0.05, 0) is 55.0 Å². The molecule has 9 heteroatoms. The zero-order chi connectivity index (χ0) is 23.9. The Balaban J connectivity index is 1.33. The number of nitrogens with zero attached hydrogens (tertiary/aromatic N) is 2. The lowest BCUT2D eigenvalue weighted by Crippen LogP contribution is -2.23. The minimum absolute atomic E-state index is 0.184. The van der Waals surface area contributed by atoms with Crippen molar-refractivity contribution in [3.63, 3.8) is 0 Å². The Morgan fingerprint density at radius 3 is 2.56 bits per heavy atom. The summed E-state index contributed by atoms with van der Waals surface area (Å²) in [6.07, 6.45) is 0. The number of benzene rings is 3. The quantitative estimate of drug-likeness (QED) is 0.350. The first-order valence-corrected chi connectivity index (χ1v) is 11.6. The van der Waals surface area contributed by atoms with Crippen molar-refractivity contribution in [1.29, 1.82) is 0 Å². The van der Waals surface area contributed by atoms with Crippen molar-refractivity contribution >= 4 is 40.4 Å². The molecule has 0 aliphatic rings. The van der Waals surface area contributed by atoms with Crippen molar-refractivity contribution in [3.05, 3.63) is 105 Å². The third-order valence-corrected chi connectivity index (χ3v) is 5.90. The lowest BCUT2D eigenvalue weighted by atomic mass is 10.1. The van der Waals surface area contributed by atoms with Crippen LogP contribution in [0.1, 0.15) is 36.3 Å². The molecule has 0 fully saturated rings.